The number of pyridine rings is 1. The molecule has 1 aromatic heterocycles. The molecule has 5 aromatic carbocycles. The lowest BCUT2D eigenvalue weighted by atomic mass is 9.78. The van der Waals surface area contributed by atoms with Crippen LogP contribution >= 0.6 is 0 Å². The Morgan fingerprint density at radius 3 is 1.49 bits per heavy atom. The van der Waals surface area contributed by atoms with Crippen molar-refractivity contribution in [1.82, 2.24) is 0 Å². The van der Waals surface area contributed by atoms with Crippen LogP contribution in [0.3, 0.4) is 0 Å². The highest BCUT2D eigenvalue weighted by molar-refractivity contribution is 6.07. The molecular weight excluding hydrogens is 470 g/mol. The molecule has 1 aliphatic rings. The second-order valence-electron chi connectivity index (χ2n) is 10.5. The first-order valence-corrected chi connectivity index (χ1v) is 13.6. The Hall–Kier alpha value is -4.75. The number of aromatic nitrogens is 1. The molecule has 1 nitrogen and oxygen atoms in total. The van der Waals surface area contributed by atoms with Gasteiger partial charge in [-0.25, -0.2) is 4.57 Å². The molecule has 0 radical (unpaired) electrons. The molecule has 1 aliphatic carbocycles. The fourth-order valence-electron chi connectivity index (χ4n) is 6.30. The van der Waals surface area contributed by atoms with E-state index in [0.717, 1.165) is 0 Å². The number of fused-ring (bicyclic) bond motifs is 8. The molecule has 0 amide bonds. The van der Waals surface area contributed by atoms with Gasteiger partial charge in [0, 0.05) is 17.2 Å². The van der Waals surface area contributed by atoms with Crippen LogP contribution in [-0.2, 0) is 7.05 Å². The van der Waals surface area contributed by atoms with Crippen molar-refractivity contribution in [3.05, 3.63) is 139 Å². The van der Waals surface area contributed by atoms with Crippen LogP contribution in [0, 0.1) is 13.8 Å². The van der Waals surface area contributed by atoms with Crippen molar-refractivity contribution in [1.29, 1.82) is 0 Å². The molecule has 0 unspecified atom stereocenters. The van der Waals surface area contributed by atoms with Gasteiger partial charge in [-0.2, -0.15) is 0 Å². The van der Waals surface area contributed by atoms with E-state index in [1.807, 2.05) is 0 Å². The molecule has 7 rings (SSSR count). The summed E-state index contributed by atoms with van der Waals surface area (Å²) in [5.74, 6) is 0. The van der Waals surface area contributed by atoms with Crippen LogP contribution in [0.5, 0.6) is 0 Å². The predicted molar refractivity (Wildman–Crippen MR) is 163 cm³/mol. The molecule has 1 heteroatoms. The van der Waals surface area contributed by atoms with E-state index >= 15 is 0 Å². The van der Waals surface area contributed by atoms with E-state index in [2.05, 4.69) is 153 Å². The Morgan fingerprint density at radius 1 is 0.410 bits per heavy atom. The summed E-state index contributed by atoms with van der Waals surface area (Å²) in [4.78, 5) is 0. The number of rotatable bonds is 2. The Morgan fingerprint density at radius 2 is 0.897 bits per heavy atom. The maximum atomic E-state index is 2.37. The molecular formula is C38H30N+. The van der Waals surface area contributed by atoms with Crippen molar-refractivity contribution in [2.24, 2.45) is 7.05 Å². The third-order valence-corrected chi connectivity index (χ3v) is 8.16. The Bertz CT molecular complexity index is 1870. The first kappa shape index (κ1) is 23.4. The summed E-state index contributed by atoms with van der Waals surface area (Å²) in [6, 6.07) is 44.3. The van der Waals surface area contributed by atoms with Crippen molar-refractivity contribution in [3.8, 4) is 66.9 Å². The number of hydrogen-bond donors (Lipinski definition) is 0. The summed E-state index contributed by atoms with van der Waals surface area (Å²) in [6.45, 7) is 4.48. The largest absolute Gasteiger partial charge is 0.213 e. The van der Waals surface area contributed by atoms with Crippen molar-refractivity contribution in [2.75, 3.05) is 0 Å². The van der Waals surface area contributed by atoms with Crippen LogP contribution in [0.25, 0.3) is 66.9 Å². The van der Waals surface area contributed by atoms with E-state index in [9.17, 15) is 0 Å². The van der Waals surface area contributed by atoms with Crippen LogP contribution in [-0.4, -0.2) is 0 Å². The first-order valence-electron chi connectivity index (χ1n) is 13.6. The molecule has 1 heterocycles. The second-order valence-corrected chi connectivity index (χ2v) is 10.5. The van der Waals surface area contributed by atoms with Crippen molar-refractivity contribution >= 4 is 0 Å². The minimum atomic E-state index is 1.22. The molecule has 39 heavy (non-hydrogen) atoms. The van der Waals surface area contributed by atoms with Crippen molar-refractivity contribution in [3.63, 3.8) is 0 Å². The first-order chi connectivity index (χ1) is 19.1. The molecule has 6 aromatic rings. The van der Waals surface area contributed by atoms with Crippen LogP contribution in [0.15, 0.2) is 128 Å². The lowest BCUT2D eigenvalue weighted by Gasteiger charge is -2.25. The van der Waals surface area contributed by atoms with Crippen LogP contribution in [0.2, 0.25) is 0 Å². The molecule has 0 saturated heterocycles. The Balaban J connectivity index is 1.59. The highest BCUT2D eigenvalue weighted by Gasteiger charge is 2.28. The Kier molecular flexibility index (Phi) is 5.52. The summed E-state index contributed by atoms with van der Waals surface area (Å²) in [7, 11) is 2.18. The van der Waals surface area contributed by atoms with Gasteiger partial charge in [0.15, 0.2) is 6.20 Å². The van der Waals surface area contributed by atoms with E-state index in [1.165, 1.54) is 78.0 Å². The van der Waals surface area contributed by atoms with Gasteiger partial charge in [0.1, 0.15) is 7.05 Å². The summed E-state index contributed by atoms with van der Waals surface area (Å²) >= 11 is 0. The average Bonchev–Trinajstić information content (AvgIpc) is 2.98. The maximum absolute atomic E-state index is 2.37. The van der Waals surface area contributed by atoms with Gasteiger partial charge in [0.05, 0.1) is 5.56 Å². The Labute approximate surface area is 230 Å². The van der Waals surface area contributed by atoms with Gasteiger partial charge in [0.2, 0.25) is 5.69 Å². The SMILES string of the molecule is Cc1cc(-c2c(C)ccc3c2-c2ccccc2-c2ccccc2-c2ccccc2-3)[n+](C)cc1-c1ccccc1. The number of hydrogen-bond acceptors (Lipinski definition) is 0. The number of nitrogens with zero attached hydrogens (tertiary/aromatic N) is 1. The van der Waals surface area contributed by atoms with Crippen LogP contribution in [0.4, 0.5) is 0 Å². The van der Waals surface area contributed by atoms with E-state index in [4.69, 9.17) is 0 Å². The molecule has 0 N–H and O–H groups in total. The standard InChI is InChI=1S/C38H30N/c1-25-21-22-34-32-19-10-9-17-30(32)28-15-7-8-16-29(28)31-18-11-12-20-33(31)38(34)37(25)36-23-26(2)35(24-39(36)3)27-13-5-4-6-14-27/h4-24H,1-3H3/q+1. The molecule has 0 spiro atoms. The molecule has 0 aliphatic heterocycles. The quantitative estimate of drug-likeness (QED) is 0.208. The van der Waals surface area contributed by atoms with E-state index in [0.29, 0.717) is 0 Å². The third kappa shape index (κ3) is 3.73. The molecule has 0 bridgehead atoms. The topological polar surface area (TPSA) is 3.88 Å². The van der Waals surface area contributed by atoms with Crippen LogP contribution in [0.1, 0.15) is 11.1 Å². The zero-order chi connectivity index (χ0) is 26.5. The minimum Gasteiger partial charge on any atom is -0.200 e. The monoisotopic (exact) mass is 500 g/mol. The zero-order valence-electron chi connectivity index (χ0n) is 22.6. The van der Waals surface area contributed by atoms with Gasteiger partial charge in [-0.1, -0.05) is 115 Å². The van der Waals surface area contributed by atoms with E-state index in [1.54, 1.807) is 0 Å². The van der Waals surface area contributed by atoms with Gasteiger partial charge < -0.3 is 0 Å². The number of benzene rings is 5. The molecule has 0 fully saturated rings. The summed E-state index contributed by atoms with van der Waals surface area (Å²) < 4.78 is 2.30. The molecule has 0 atom stereocenters. The average molecular weight is 501 g/mol. The predicted octanol–water partition coefficient (Wildman–Crippen LogP) is 9.44. The fourth-order valence-corrected chi connectivity index (χ4v) is 6.30. The van der Waals surface area contributed by atoms with E-state index in [-0.39, 0.29) is 0 Å². The lowest BCUT2D eigenvalue weighted by Crippen LogP contribution is -2.31. The summed E-state index contributed by atoms with van der Waals surface area (Å²) in [5, 5.41) is 0. The van der Waals surface area contributed by atoms with E-state index < -0.39 is 0 Å². The summed E-state index contributed by atoms with van der Waals surface area (Å²) in [5.41, 5.74) is 17.8. The minimum absolute atomic E-state index is 1.22. The molecule has 186 valence electrons. The second kappa shape index (κ2) is 9.22. The lowest BCUT2D eigenvalue weighted by molar-refractivity contribution is -0.659. The van der Waals surface area contributed by atoms with Gasteiger partial charge in [-0.15, -0.1) is 0 Å². The zero-order valence-corrected chi connectivity index (χ0v) is 22.6. The smallest absolute Gasteiger partial charge is 0.200 e. The fraction of sp³-hybridized carbons (Fsp3) is 0.0789. The van der Waals surface area contributed by atoms with Gasteiger partial charge in [0.25, 0.3) is 0 Å². The van der Waals surface area contributed by atoms with Gasteiger partial charge in [-0.05, 0) is 69.5 Å². The van der Waals surface area contributed by atoms with Gasteiger partial charge in [-0.3, -0.25) is 0 Å². The van der Waals surface area contributed by atoms with Crippen molar-refractivity contribution < 1.29 is 4.57 Å². The third-order valence-electron chi connectivity index (χ3n) is 8.16. The molecule has 0 saturated carbocycles. The normalized spacial score (nSPS) is 11.5. The highest BCUT2D eigenvalue weighted by atomic mass is 14.9. The van der Waals surface area contributed by atoms with Crippen LogP contribution < -0.4 is 4.57 Å². The highest BCUT2D eigenvalue weighted by Crippen LogP contribution is 2.50. The van der Waals surface area contributed by atoms with Gasteiger partial charge >= 0.3 is 0 Å². The van der Waals surface area contributed by atoms with Crippen molar-refractivity contribution in [2.45, 2.75) is 13.8 Å². The summed E-state index contributed by atoms with van der Waals surface area (Å²) in [6.07, 6.45) is 2.29. The maximum Gasteiger partial charge on any atom is 0.213 e. The number of aryl methyl sites for hydroxylation is 3.